The Kier molecular flexibility index (Phi) is 1.24. The number of aromatic nitrogens is 2. The number of rotatable bonds is 2. The van der Waals surface area contributed by atoms with E-state index in [1.807, 2.05) is 17.9 Å². The van der Waals surface area contributed by atoms with Crippen molar-refractivity contribution in [2.75, 3.05) is 13.1 Å². The molecule has 0 bridgehead atoms. The average molecular weight is 137 g/mol. The standard InChI is InChI=1S/C7H11N3/c1-9-5-7(4-8-9)6-10-2-3-10/h4-5H,2-3,6H2,1H3. The fourth-order valence-corrected chi connectivity index (χ4v) is 1.04. The van der Waals surface area contributed by atoms with Crippen LogP contribution in [0.4, 0.5) is 0 Å². The van der Waals surface area contributed by atoms with Crippen LogP contribution in [0.25, 0.3) is 0 Å². The zero-order valence-electron chi connectivity index (χ0n) is 6.12. The van der Waals surface area contributed by atoms with E-state index in [0.29, 0.717) is 0 Å². The van der Waals surface area contributed by atoms with E-state index in [1.165, 1.54) is 18.7 Å². The molecule has 1 aromatic rings. The zero-order chi connectivity index (χ0) is 6.97. The summed E-state index contributed by atoms with van der Waals surface area (Å²) in [4.78, 5) is 2.37. The molecule has 3 nitrogen and oxygen atoms in total. The van der Waals surface area contributed by atoms with Crippen molar-refractivity contribution >= 4 is 0 Å². The van der Waals surface area contributed by atoms with Gasteiger partial charge in [0.05, 0.1) is 6.20 Å². The maximum Gasteiger partial charge on any atom is 0.0534 e. The Morgan fingerprint density at radius 1 is 1.60 bits per heavy atom. The van der Waals surface area contributed by atoms with Crippen molar-refractivity contribution < 1.29 is 0 Å². The molecule has 0 N–H and O–H groups in total. The normalized spacial score (nSPS) is 17.7. The van der Waals surface area contributed by atoms with Crippen molar-refractivity contribution in [3.63, 3.8) is 0 Å². The molecule has 0 radical (unpaired) electrons. The van der Waals surface area contributed by atoms with Crippen molar-refractivity contribution in [3.05, 3.63) is 18.0 Å². The van der Waals surface area contributed by atoms with E-state index in [2.05, 4.69) is 16.2 Å². The van der Waals surface area contributed by atoms with Crippen molar-refractivity contribution in [3.8, 4) is 0 Å². The molecule has 1 aliphatic rings. The summed E-state index contributed by atoms with van der Waals surface area (Å²) in [5.74, 6) is 0. The van der Waals surface area contributed by atoms with Gasteiger partial charge in [0.15, 0.2) is 0 Å². The highest BCUT2D eigenvalue weighted by Crippen LogP contribution is 2.09. The van der Waals surface area contributed by atoms with Gasteiger partial charge in [-0.05, 0) is 0 Å². The minimum absolute atomic E-state index is 1.08. The van der Waals surface area contributed by atoms with Crippen LogP contribution in [0, 0.1) is 0 Å². The van der Waals surface area contributed by atoms with Crippen molar-refractivity contribution in [1.29, 1.82) is 0 Å². The van der Waals surface area contributed by atoms with Crippen LogP contribution in [-0.2, 0) is 13.6 Å². The van der Waals surface area contributed by atoms with Gasteiger partial charge in [-0.15, -0.1) is 0 Å². The highest BCUT2D eigenvalue weighted by molar-refractivity contribution is 5.04. The Morgan fingerprint density at radius 2 is 2.40 bits per heavy atom. The van der Waals surface area contributed by atoms with Gasteiger partial charge in [-0.2, -0.15) is 5.10 Å². The molecule has 10 heavy (non-hydrogen) atoms. The first kappa shape index (κ1) is 5.92. The zero-order valence-corrected chi connectivity index (χ0v) is 6.12. The van der Waals surface area contributed by atoms with E-state index in [0.717, 1.165) is 6.54 Å². The Hall–Kier alpha value is -0.830. The van der Waals surface area contributed by atoms with Gasteiger partial charge in [0, 0.05) is 38.4 Å². The molecule has 0 amide bonds. The fraction of sp³-hybridized carbons (Fsp3) is 0.571. The van der Waals surface area contributed by atoms with Gasteiger partial charge in [-0.3, -0.25) is 9.58 Å². The van der Waals surface area contributed by atoms with Crippen LogP contribution >= 0.6 is 0 Å². The van der Waals surface area contributed by atoms with E-state index >= 15 is 0 Å². The molecule has 1 fully saturated rings. The molecule has 54 valence electrons. The van der Waals surface area contributed by atoms with Crippen LogP contribution < -0.4 is 0 Å². The third-order valence-corrected chi connectivity index (χ3v) is 1.70. The van der Waals surface area contributed by atoms with Crippen LogP contribution in [0.3, 0.4) is 0 Å². The average Bonchev–Trinajstić information content (AvgIpc) is 2.59. The highest BCUT2D eigenvalue weighted by Gasteiger charge is 2.17. The predicted molar refractivity (Wildman–Crippen MR) is 38.5 cm³/mol. The number of aryl methyl sites for hydroxylation is 1. The van der Waals surface area contributed by atoms with Gasteiger partial charge in [0.1, 0.15) is 0 Å². The van der Waals surface area contributed by atoms with E-state index in [9.17, 15) is 0 Å². The quantitative estimate of drug-likeness (QED) is 0.544. The number of hydrogen-bond acceptors (Lipinski definition) is 2. The lowest BCUT2D eigenvalue weighted by Crippen LogP contribution is -1.94. The molecule has 1 saturated heterocycles. The Labute approximate surface area is 60.3 Å². The number of hydrogen-bond donors (Lipinski definition) is 0. The second kappa shape index (κ2) is 2.09. The highest BCUT2D eigenvalue weighted by atomic mass is 15.3. The summed E-state index contributed by atoms with van der Waals surface area (Å²) in [5, 5.41) is 4.09. The molecule has 0 aliphatic carbocycles. The van der Waals surface area contributed by atoms with Gasteiger partial charge in [-0.25, -0.2) is 0 Å². The largest absolute Gasteiger partial charge is 0.296 e. The van der Waals surface area contributed by atoms with Crippen LogP contribution in [0.15, 0.2) is 12.4 Å². The summed E-state index contributed by atoms with van der Waals surface area (Å²) >= 11 is 0. The lowest BCUT2D eigenvalue weighted by molar-refractivity contribution is 0.556. The van der Waals surface area contributed by atoms with Gasteiger partial charge in [0.25, 0.3) is 0 Å². The smallest absolute Gasteiger partial charge is 0.0534 e. The van der Waals surface area contributed by atoms with Gasteiger partial charge >= 0.3 is 0 Å². The van der Waals surface area contributed by atoms with Crippen LogP contribution in [0.5, 0.6) is 0 Å². The second-order valence-electron chi connectivity index (χ2n) is 2.80. The molecule has 1 aromatic heterocycles. The summed E-state index contributed by atoms with van der Waals surface area (Å²) < 4.78 is 1.85. The molecule has 0 saturated carbocycles. The number of nitrogens with zero attached hydrogens (tertiary/aromatic N) is 3. The maximum atomic E-state index is 4.09. The van der Waals surface area contributed by atoms with E-state index < -0.39 is 0 Å². The van der Waals surface area contributed by atoms with Gasteiger partial charge in [0.2, 0.25) is 0 Å². The molecule has 0 spiro atoms. The molecule has 2 heterocycles. The second-order valence-corrected chi connectivity index (χ2v) is 2.80. The SMILES string of the molecule is Cn1cc(CN2CC2)cn1. The third-order valence-electron chi connectivity index (χ3n) is 1.70. The first-order valence-electron chi connectivity index (χ1n) is 3.54. The fourth-order valence-electron chi connectivity index (χ4n) is 1.04. The summed E-state index contributed by atoms with van der Waals surface area (Å²) in [5.41, 5.74) is 1.32. The van der Waals surface area contributed by atoms with Gasteiger partial charge < -0.3 is 0 Å². The molecule has 3 heteroatoms. The van der Waals surface area contributed by atoms with Crippen LogP contribution in [0.1, 0.15) is 5.56 Å². The predicted octanol–water partition coefficient (Wildman–Crippen LogP) is 0.236. The minimum Gasteiger partial charge on any atom is -0.296 e. The first-order valence-corrected chi connectivity index (χ1v) is 3.54. The van der Waals surface area contributed by atoms with Crippen LogP contribution in [-0.4, -0.2) is 27.8 Å². The van der Waals surface area contributed by atoms with Gasteiger partial charge in [-0.1, -0.05) is 0 Å². The molecular formula is C7H11N3. The van der Waals surface area contributed by atoms with Crippen molar-refractivity contribution in [1.82, 2.24) is 14.7 Å². The first-order chi connectivity index (χ1) is 4.84. The summed E-state index contributed by atoms with van der Waals surface area (Å²) in [6, 6.07) is 0. The topological polar surface area (TPSA) is 20.8 Å². The maximum absolute atomic E-state index is 4.09. The Morgan fingerprint density at radius 3 is 2.90 bits per heavy atom. The van der Waals surface area contributed by atoms with E-state index in [-0.39, 0.29) is 0 Å². The molecule has 0 unspecified atom stereocenters. The monoisotopic (exact) mass is 137 g/mol. The lowest BCUT2D eigenvalue weighted by Gasteiger charge is -1.93. The summed E-state index contributed by atoms with van der Waals surface area (Å²) in [7, 11) is 1.95. The minimum atomic E-state index is 1.08. The Balaban J connectivity index is 2.03. The van der Waals surface area contributed by atoms with E-state index in [1.54, 1.807) is 0 Å². The molecule has 0 atom stereocenters. The Bertz CT molecular complexity index is 225. The molecule has 0 aromatic carbocycles. The van der Waals surface area contributed by atoms with Crippen molar-refractivity contribution in [2.45, 2.75) is 6.54 Å². The molecule has 2 rings (SSSR count). The molecular weight excluding hydrogens is 126 g/mol. The van der Waals surface area contributed by atoms with Crippen LogP contribution in [0.2, 0.25) is 0 Å². The molecule has 1 aliphatic heterocycles. The lowest BCUT2D eigenvalue weighted by atomic mass is 10.4. The summed E-state index contributed by atoms with van der Waals surface area (Å²) in [6.07, 6.45) is 4.00. The third kappa shape index (κ3) is 1.19. The van der Waals surface area contributed by atoms with Crippen molar-refractivity contribution in [2.24, 2.45) is 7.05 Å². The summed E-state index contributed by atoms with van der Waals surface area (Å²) in [6.45, 7) is 3.59. The van der Waals surface area contributed by atoms with E-state index in [4.69, 9.17) is 0 Å².